The van der Waals surface area contributed by atoms with Gasteiger partial charge >= 0.3 is 0 Å². The summed E-state index contributed by atoms with van der Waals surface area (Å²) in [5, 5.41) is 8.14. The summed E-state index contributed by atoms with van der Waals surface area (Å²) in [5.41, 5.74) is 11.2. The van der Waals surface area contributed by atoms with E-state index in [0.29, 0.717) is 11.4 Å². The maximum atomic E-state index is 8.14. The number of rotatable bonds is 2. The zero-order chi connectivity index (χ0) is 9.14. The first-order valence-electron chi connectivity index (χ1n) is 3.58. The quantitative estimate of drug-likeness (QED) is 0.357. The lowest BCUT2D eigenvalue weighted by atomic mass is 10.1. The fraction of sp³-hybridized carbons (Fsp3) is 0.250. The Balaban J connectivity index is 3.05. The number of hydrogen-bond acceptors (Lipinski definition) is 4. The third kappa shape index (κ3) is 1.66. The van der Waals surface area contributed by atoms with Crippen LogP contribution in [-0.2, 0) is 4.99 Å². The average molecular weight is 168 g/mol. The molecule has 1 aromatic rings. The van der Waals surface area contributed by atoms with Gasteiger partial charge in [0.2, 0.25) is 0 Å². The van der Waals surface area contributed by atoms with Gasteiger partial charge in [0, 0.05) is 0 Å². The number of nitrogen functional groups attached to an aromatic ring is 1. The minimum atomic E-state index is 0.548. The van der Waals surface area contributed by atoms with Crippen molar-refractivity contribution < 1.29 is 10.2 Å². The monoisotopic (exact) mass is 168 g/mol. The van der Waals surface area contributed by atoms with Crippen LogP contribution < -0.4 is 11.2 Å². The van der Waals surface area contributed by atoms with Gasteiger partial charge in [-0.1, -0.05) is 0 Å². The van der Waals surface area contributed by atoms with Crippen LogP contribution in [0.4, 0.5) is 11.4 Å². The summed E-state index contributed by atoms with van der Waals surface area (Å²) in [6.45, 7) is 3.92. The lowest BCUT2D eigenvalue weighted by molar-refractivity contribution is -0.215. The minimum absolute atomic E-state index is 0.548. The zero-order valence-corrected chi connectivity index (χ0v) is 7.09. The van der Waals surface area contributed by atoms with Crippen molar-refractivity contribution in [3.05, 3.63) is 23.3 Å². The topological polar surface area (TPSA) is 67.5 Å². The van der Waals surface area contributed by atoms with Gasteiger partial charge in [-0.15, -0.1) is 4.99 Å². The summed E-state index contributed by atoms with van der Waals surface area (Å²) in [4.78, 5) is 3.77. The summed E-state index contributed by atoms with van der Waals surface area (Å²) in [6.07, 6.45) is 0. The molecule has 0 fully saturated rings. The fourth-order valence-electron chi connectivity index (χ4n) is 0.976. The second-order valence-electron chi connectivity index (χ2n) is 2.72. The van der Waals surface area contributed by atoms with Crippen molar-refractivity contribution in [2.24, 2.45) is 0 Å². The number of benzene rings is 1. The summed E-state index contributed by atoms with van der Waals surface area (Å²) >= 11 is 0. The van der Waals surface area contributed by atoms with Gasteiger partial charge < -0.3 is 5.73 Å². The Morgan fingerprint density at radius 2 is 1.92 bits per heavy atom. The summed E-state index contributed by atoms with van der Waals surface area (Å²) in [6, 6.07) is 3.62. The minimum Gasteiger partial charge on any atom is -0.397 e. The van der Waals surface area contributed by atoms with Crippen molar-refractivity contribution in [3.8, 4) is 0 Å². The molecule has 0 unspecified atom stereocenters. The molecule has 0 bridgehead atoms. The molecule has 12 heavy (non-hydrogen) atoms. The van der Waals surface area contributed by atoms with E-state index in [1.165, 1.54) is 0 Å². The highest BCUT2D eigenvalue weighted by molar-refractivity contribution is 5.67. The van der Waals surface area contributed by atoms with Crippen LogP contribution in [0.2, 0.25) is 0 Å². The second-order valence-corrected chi connectivity index (χ2v) is 2.72. The van der Waals surface area contributed by atoms with Crippen molar-refractivity contribution in [2.75, 3.05) is 11.2 Å². The van der Waals surface area contributed by atoms with E-state index in [-0.39, 0.29) is 0 Å². The molecule has 0 aliphatic carbocycles. The molecule has 1 rings (SSSR count). The van der Waals surface area contributed by atoms with Crippen LogP contribution in [0.1, 0.15) is 11.1 Å². The van der Waals surface area contributed by atoms with Gasteiger partial charge in [-0.3, -0.25) is 0 Å². The molecule has 0 aromatic heterocycles. The van der Waals surface area contributed by atoms with E-state index in [0.717, 1.165) is 11.1 Å². The highest BCUT2D eigenvalue weighted by atomic mass is 17.2. The summed E-state index contributed by atoms with van der Waals surface area (Å²) in [5.74, 6) is 0. The molecule has 0 heterocycles. The fourth-order valence-corrected chi connectivity index (χ4v) is 0.976. The molecule has 0 saturated carbocycles. The molecule has 0 aliphatic heterocycles. The smallest absolute Gasteiger partial charge is 0.0866 e. The first-order valence-corrected chi connectivity index (χ1v) is 3.58. The van der Waals surface area contributed by atoms with Crippen LogP contribution in [0, 0.1) is 13.8 Å². The van der Waals surface area contributed by atoms with Gasteiger partial charge in [0.15, 0.2) is 0 Å². The zero-order valence-electron chi connectivity index (χ0n) is 7.09. The molecule has 4 nitrogen and oxygen atoms in total. The first-order chi connectivity index (χ1) is 5.65. The van der Waals surface area contributed by atoms with Crippen LogP contribution in [0.25, 0.3) is 0 Å². The lowest BCUT2D eigenvalue weighted by Crippen LogP contribution is -2.01. The van der Waals surface area contributed by atoms with Crippen LogP contribution in [0.5, 0.6) is 0 Å². The second kappa shape index (κ2) is 3.42. The molecular formula is C8H12N2O2. The van der Waals surface area contributed by atoms with Gasteiger partial charge in [0.05, 0.1) is 11.4 Å². The molecule has 1 aromatic carbocycles. The number of nitrogens with one attached hydrogen (secondary N) is 1. The number of nitrogens with two attached hydrogens (primary N) is 1. The van der Waals surface area contributed by atoms with Crippen molar-refractivity contribution >= 4 is 11.4 Å². The third-order valence-corrected chi connectivity index (χ3v) is 1.82. The van der Waals surface area contributed by atoms with Gasteiger partial charge in [-0.2, -0.15) is 0 Å². The normalized spacial score (nSPS) is 9.92. The number of anilines is 2. The molecule has 0 saturated heterocycles. The van der Waals surface area contributed by atoms with E-state index in [9.17, 15) is 0 Å². The van der Waals surface area contributed by atoms with Crippen molar-refractivity contribution in [1.82, 2.24) is 0 Å². The Morgan fingerprint density at radius 3 is 2.50 bits per heavy atom. The average Bonchev–Trinajstić information content (AvgIpc) is 2.01. The number of hydrogen-bond donors (Lipinski definition) is 3. The van der Waals surface area contributed by atoms with E-state index in [1.807, 2.05) is 19.9 Å². The SMILES string of the molecule is Cc1cc(N)c(NOO)cc1C. The Labute approximate surface area is 70.8 Å². The van der Waals surface area contributed by atoms with Crippen LogP contribution >= 0.6 is 0 Å². The maximum Gasteiger partial charge on any atom is 0.0866 e. The highest BCUT2D eigenvalue weighted by Gasteiger charge is 2.01. The molecule has 4 N–H and O–H groups in total. The molecular weight excluding hydrogens is 156 g/mol. The largest absolute Gasteiger partial charge is 0.397 e. The van der Waals surface area contributed by atoms with Crippen molar-refractivity contribution in [3.63, 3.8) is 0 Å². The van der Waals surface area contributed by atoms with Crippen molar-refractivity contribution in [1.29, 1.82) is 0 Å². The van der Waals surface area contributed by atoms with E-state index in [1.54, 1.807) is 6.07 Å². The Bertz CT molecular complexity index is 287. The molecule has 0 radical (unpaired) electrons. The van der Waals surface area contributed by atoms with E-state index >= 15 is 0 Å². The Morgan fingerprint density at radius 1 is 1.33 bits per heavy atom. The number of aryl methyl sites for hydroxylation is 2. The van der Waals surface area contributed by atoms with Crippen LogP contribution in [0.3, 0.4) is 0 Å². The molecule has 4 heteroatoms. The van der Waals surface area contributed by atoms with E-state index < -0.39 is 0 Å². The molecule has 0 spiro atoms. The van der Waals surface area contributed by atoms with Gasteiger partial charge in [-0.25, -0.2) is 10.7 Å². The van der Waals surface area contributed by atoms with Crippen molar-refractivity contribution in [2.45, 2.75) is 13.8 Å². The molecule has 0 amide bonds. The summed E-state index contributed by atoms with van der Waals surface area (Å²) in [7, 11) is 0. The predicted octanol–water partition coefficient (Wildman–Crippen LogP) is 1.70. The van der Waals surface area contributed by atoms with Crippen LogP contribution in [0.15, 0.2) is 12.1 Å². The van der Waals surface area contributed by atoms with Gasteiger partial charge in [0.1, 0.15) is 0 Å². The highest BCUT2D eigenvalue weighted by Crippen LogP contribution is 2.22. The molecule has 0 atom stereocenters. The molecule has 66 valence electrons. The summed E-state index contributed by atoms with van der Waals surface area (Å²) < 4.78 is 0. The Kier molecular flexibility index (Phi) is 2.52. The third-order valence-electron chi connectivity index (χ3n) is 1.82. The van der Waals surface area contributed by atoms with E-state index in [2.05, 4.69) is 10.5 Å². The maximum absolute atomic E-state index is 8.14. The van der Waals surface area contributed by atoms with Gasteiger partial charge in [-0.05, 0) is 37.1 Å². The lowest BCUT2D eigenvalue weighted by Gasteiger charge is -2.08. The van der Waals surface area contributed by atoms with Gasteiger partial charge in [0.25, 0.3) is 0 Å². The van der Waals surface area contributed by atoms with E-state index in [4.69, 9.17) is 11.0 Å². The standard InChI is InChI=1S/C8H12N2O2/c1-5-3-7(9)8(10-12-11)4-6(5)2/h3-4,10-11H,9H2,1-2H3. The molecule has 0 aliphatic rings. The Hall–Kier alpha value is -1.26. The first kappa shape index (κ1) is 8.83. The van der Waals surface area contributed by atoms with Crippen LogP contribution in [-0.4, -0.2) is 5.26 Å². The predicted molar refractivity (Wildman–Crippen MR) is 47.7 cm³/mol.